The number of carboxylic acid groups (broad SMARTS) is 1. The van der Waals surface area contributed by atoms with Crippen LogP contribution in [0, 0.1) is 11.8 Å². The van der Waals surface area contributed by atoms with Gasteiger partial charge in [0.15, 0.2) is 0 Å². The van der Waals surface area contributed by atoms with Crippen molar-refractivity contribution in [3.63, 3.8) is 0 Å². The number of carboxylic acids is 1. The number of ether oxygens (including phenoxy) is 2. The largest absolute Gasteiger partial charge is 1.00 e. The minimum Gasteiger partial charge on any atom is -0.870 e. The molecule has 0 amide bonds. The molecule has 0 aliphatic rings. The normalized spacial score (nSPS) is 11.9. The van der Waals surface area contributed by atoms with E-state index in [1.165, 1.54) is 0 Å². The van der Waals surface area contributed by atoms with Gasteiger partial charge >= 0.3 is 103 Å². The van der Waals surface area contributed by atoms with Gasteiger partial charge in [-0.25, -0.2) is 0 Å². The van der Waals surface area contributed by atoms with E-state index in [4.69, 9.17) is 9.47 Å². The zero-order chi connectivity index (χ0) is 20.9. The number of H-pyrrole nitrogens is 1. The summed E-state index contributed by atoms with van der Waals surface area (Å²) in [5.41, 5.74) is -0.304. The van der Waals surface area contributed by atoms with Gasteiger partial charge in [-0.05, 0) is 30.4 Å². The molecular formula is C22H36K2NO6-. The second-order valence-electron chi connectivity index (χ2n) is 7.38. The molecule has 0 aromatic carbocycles. The topological polar surface area (TPSA) is 121 Å². The summed E-state index contributed by atoms with van der Waals surface area (Å²) >= 11 is 0. The van der Waals surface area contributed by atoms with Crippen LogP contribution in [-0.4, -0.2) is 35.9 Å². The van der Waals surface area contributed by atoms with E-state index < -0.39 is 5.97 Å². The van der Waals surface area contributed by atoms with E-state index in [9.17, 15) is 14.7 Å². The van der Waals surface area contributed by atoms with Crippen molar-refractivity contribution in [2.45, 2.75) is 79.1 Å². The van der Waals surface area contributed by atoms with Crippen molar-refractivity contribution < 1.29 is 132 Å². The van der Waals surface area contributed by atoms with E-state index >= 15 is 0 Å². The van der Waals surface area contributed by atoms with Crippen LogP contribution < -0.4 is 117 Å². The minimum atomic E-state index is -1.43. The summed E-state index contributed by atoms with van der Waals surface area (Å²) in [7, 11) is 0. The van der Waals surface area contributed by atoms with Gasteiger partial charge in [-0.1, -0.05) is 66.2 Å². The molecule has 1 rings (SSSR count). The van der Waals surface area contributed by atoms with E-state index in [2.05, 4.69) is 32.7 Å². The fourth-order valence-electron chi connectivity index (χ4n) is 3.16. The molecule has 0 spiro atoms. The fraction of sp³-hybridized carbons (Fsp3) is 0.727. The van der Waals surface area contributed by atoms with Crippen LogP contribution in [0.5, 0.6) is 11.5 Å². The number of aromatic carboxylic acids is 1. The molecule has 9 heteroatoms. The fourth-order valence-corrected chi connectivity index (χ4v) is 3.16. The molecule has 1 heterocycles. The molecule has 31 heavy (non-hydrogen) atoms. The minimum absolute atomic E-state index is 0. The number of aromatic amines is 1. The number of rotatable bonds is 16. The summed E-state index contributed by atoms with van der Waals surface area (Å²) in [5.74, 6) is -0.593. The van der Waals surface area contributed by atoms with Gasteiger partial charge in [0.05, 0.1) is 24.9 Å². The van der Waals surface area contributed by atoms with Crippen molar-refractivity contribution in [3.8, 4) is 11.5 Å². The van der Waals surface area contributed by atoms with Crippen LogP contribution in [-0.2, 0) is 4.79 Å². The molecule has 0 aliphatic heterocycles. The van der Waals surface area contributed by atoms with E-state index in [-0.39, 0.29) is 131 Å². The predicted octanol–water partition coefficient (Wildman–Crippen LogP) is -2.14. The molecule has 168 valence electrons. The predicted molar refractivity (Wildman–Crippen MR) is 109 cm³/mol. The summed E-state index contributed by atoms with van der Waals surface area (Å²) in [6.07, 6.45) is 10.0. The maximum atomic E-state index is 11.5. The van der Waals surface area contributed by atoms with E-state index in [0.29, 0.717) is 25.0 Å². The van der Waals surface area contributed by atoms with E-state index in [1.807, 2.05) is 0 Å². The Morgan fingerprint density at radius 3 is 1.74 bits per heavy atom. The second-order valence-corrected chi connectivity index (χ2v) is 7.38. The van der Waals surface area contributed by atoms with Crippen molar-refractivity contribution in [2.75, 3.05) is 13.2 Å². The van der Waals surface area contributed by atoms with Gasteiger partial charge in [0.2, 0.25) is 0 Å². The molecule has 0 saturated heterocycles. The zero-order valence-corrected chi connectivity index (χ0v) is 26.5. The van der Waals surface area contributed by atoms with Crippen LogP contribution in [0.4, 0.5) is 0 Å². The summed E-state index contributed by atoms with van der Waals surface area (Å²) < 4.78 is 11.7. The number of hydrogen-bond acceptors (Lipinski definition) is 6. The van der Waals surface area contributed by atoms with E-state index in [0.717, 1.165) is 51.4 Å². The number of aromatic nitrogens is 1. The Bertz CT molecular complexity index is 609. The van der Waals surface area contributed by atoms with Crippen LogP contribution in [0.15, 0.2) is 0 Å². The van der Waals surface area contributed by atoms with Gasteiger partial charge in [-0.3, -0.25) is 0 Å². The maximum absolute atomic E-state index is 11.5. The average Bonchev–Trinajstić information content (AvgIpc) is 3.06. The Labute approximate surface area is 272 Å². The van der Waals surface area contributed by atoms with Gasteiger partial charge in [-0.2, -0.15) is 0 Å². The number of carbonyl (C=O) groups excluding carboxylic acids is 2. The Morgan fingerprint density at radius 2 is 1.39 bits per heavy atom. The third kappa shape index (κ3) is 13.1. The summed E-state index contributed by atoms with van der Waals surface area (Å²) in [5, 5.41) is 11.5. The third-order valence-corrected chi connectivity index (χ3v) is 5.23. The number of hydrogen-bond donors (Lipinski definition) is 1. The smallest absolute Gasteiger partial charge is 0.870 e. The molecule has 0 aliphatic carbocycles. The number of nitrogens with one attached hydrogen (secondary N) is 1. The van der Waals surface area contributed by atoms with Gasteiger partial charge in [0.1, 0.15) is 5.75 Å². The monoisotopic (exact) mass is 488 g/mol. The number of unbranched alkanes of at least 4 members (excludes halogenated alkanes) is 2. The molecule has 0 saturated carbocycles. The summed E-state index contributed by atoms with van der Waals surface area (Å²) in [4.78, 5) is 25.4. The van der Waals surface area contributed by atoms with Crippen LogP contribution in [0.3, 0.4) is 0 Å². The summed E-state index contributed by atoms with van der Waals surface area (Å²) in [6.45, 7) is 9.23. The molecule has 2 N–H and O–H groups in total. The first-order chi connectivity index (χ1) is 13.5. The second kappa shape index (κ2) is 21.8. The van der Waals surface area contributed by atoms with Crippen molar-refractivity contribution >= 4 is 12.3 Å². The Balaban J connectivity index is -0.00000261. The van der Waals surface area contributed by atoms with Gasteiger partial charge in [-0.15, -0.1) is 0 Å². The number of carbonyl (C=O) groups is 1. The SMILES string of the molecule is CCCCC(CC)COc1c([C-]=O)[nH]c(C(=O)[O-])c1OCC(CC)CCCC.[K+].[K+].[OH-]. The van der Waals surface area contributed by atoms with Crippen molar-refractivity contribution in [3.05, 3.63) is 11.4 Å². The molecule has 2 unspecified atom stereocenters. The molecule has 1 aromatic rings. The van der Waals surface area contributed by atoms with E-state index in [1.54, 1.807) is 6.29 Å². The zero-order valence-electron chi connectivity index (χ0n) is 20.2. The Hall–Kier alpha value is 1.25. The van der Waals surface area contributed by atoms with Crippen LogP contribution in [0.2, 0.25) is 0 Å². The molecular weight excluding hydrogens is 452 g/mol. The average molecular weight is 489 g/mol. The molecule has 2 atom stereocenters. The molecule has 0 radical (unpaired) electrons. The van der Waals surface area contributed by atoms with Crippen LogP contribution >= 0.6 is 0 Å². The molecule has 7 nitrogen and oxygen atoms in total. The molecule has 1 aromatic heterocycles. The quantitative estimate of drug-likeness (QED) is 0.209. The Morgan fingerprint density at radius 1 is 0.935 bits per heavy atom. The van der Waals surface area contributed by atoms with Gasteiger partial charge in [0.25, 0.3) is 0 Å². The first-order valence-corrected chi connectivity index (χ1v) is 10.6. The first-order valence-electron chi connectivity index (χ1n) is 10.6. The van der Waals surface area contributed by atoms with Gasteiger partial charge in [0, 0.05) is 12.0 Å². The molecule has 0 bridgehead atoms. The first kappa shape index (κ1) is 36.8. The van der Waals surface area contributed by atoms with Crippen LogP contribution in [0.1, 0.15) is 95.2 Å². The Kier molecular flexibility index (Phi) is 25.8. The van der Waals surface area contributed by atoms with Crippen molar-refractivity contribution in [2.24, 2.45) is 11.8 Å². The third-order valence-electron chi connectivity index (χ3n) is 5.23. The van der Waals surface area contributed by atoms with Crippen LogP contribution in [0.25, 0.3) is 0 Å². The van der Waals surface area contributed by atoms with Gasteiger partial charge < -0.3 is 34.6 Å². The summed E-state index contributed by atoms with van der Waals surface area (Å²) in [6, 6.07) is 0. The molecule has 0 fully saturated rings. The maximum Gasteiger partial charge on any atom is 1.00 e. The van der Waals surface area contributed by atoms with Crippen molar-refractivity contribution in [1.82, 2.24) is 4.98 Å². The van der Waals surface area contributed by atoms with Crippen molar-refractivity contribution in [1.29, 1.82) is 0 Å². The standard InChI is InChI=1S/C22H36NO5.2K.H2O/c1-5-9-11-16(7-3)14-27-20-18(13-24)23-19(22(25)26)21(20)28-15-17(8-4)12-10-6-2;;;/h16-17,23H,5-12,14-15H2,1-4H3,(H,25,26);;;1H2/q-1;2*+1;/p-2.